The van der Waals surface area contributed by atoms with Crippen LogP contribution < -0.4 is 0 Å². The van der Waals surface area contributed by atoms with Crippen molar-refractivity contribution in [2.24, 2.45) is 0 Å². The van der Waals surface area contributed by atoms with Gasteiger partial charge in [-0.05, 0) is 25.0 Å². The number of rotatable bonds is 2. The van der Waals surface area contributed by atoms with Gasteiger partial charge in [-0.2, -0.15) is 0 Å². The van der Waals surface area contributed by atoms with Crippen molar-refractivity contribution in [3.8, 4) is 0 Å². The van der Waals surface area contributed by atoms with Gasteiger partial charge < -0.3 is 5.11 Å². The van der Waals surface area contributed by atoms with E-state index in [0.717, 1.165) is 11.3 Å². The van der Waals surface area contributed by atoms with Crippen LogP contribution in [0.4, 0.5) is 0 Å². The topological polar surface area (TPSA) is 50.2 Å². The quantitative estimate of drug-likeness (QED) is 0.724. The van der Waals surface area contributed by atoms with Gasteiger partial charge in [0.05, 0.1) is 5.56 Å². The summed E-state index contributed by atoms with van der Waals surface area (Å²) in [6.45, 7) is 3.70. The summed E-state index contributed by atoms with van der Waals surface area (Å²) >= 11 is 0. The number of nitrogens with zero attached hydrogens (tertiary/aromatic N) is 1. The molecule has 1 heterocycles. The summed E-state index contributed by atoms with van der Waals surface area (Å²) in [6.07, 6.45) is 2.33. The standard InChI is InChI=1S/C9H11NO2/c1-3-7-5-10-6(2)4-8(7)9(11)12/h4-5H,3H2,1-2H3,(H,11,12). The molecule has 0 unspecified atom stereocenters. The summed E-state index contributed by atoms with van der Waals surface area (Å²) in [7, 11) is 0. The first-order valence-corrected chi connectivity index (χ1v) is 3.84. The molecule has 3 nitrogen and oxygen atoms in total. The van der Waals surface area contributed by atoms with Crippen molar-refractivity contribution >= 4 is 5.97 Å². The molecule has 0 saturated heterocycles. The minimum absolute atomic E-state index is 0.366. The molecule has 0 aliphatic heterocycles. The molecule has 0 atom stereocenters. The van der Waals surface area contributed by atoms with Crippen LogP contribution in [0.1, 0.15) is 28.5 Å². The predicted molar refractivity (Wildman–Crippen MR) is 45.3 cm³/mol. The molecule has 0 bridgehead atoms. The van der Waals surface area contributed by atoms with E-state index in [-0.39, 0.29) is 0 Å². The molecule has 64 valence electrons. The molecule has 0 saturated carbocycles. The van der Waals surface area contributed by atoms with E-state index in [1.165, 1.54) is 0 Å². The van der Waals surface area contributed by atoms with Gasteiger partial charge >= 0.3 is 5.97 Å². The molecular formula is C9H11NO2. The second kappa shape index (κ2) is 3.34. The number of aromatic carboxylic acids is 1. The Kier molecular flexibility index (Phi) is 2.43. The maximum atomic E-state index is 10.7. The van der Waals surface area contributed by atoms with E-state index >= 15 is 0 Å². The Morgan fingerprint density at radius 3 is 2.83 bits per heavy atom. The Morgan fingerprint density at radius 1 is 1.67 bits per heavy atom. The van der Waals surface area contributed by atoms with E-state index in [0.29, 0.717) is 12.0 Å². The SMILES string of the molecule is CCc1cnc(C)cc1C(=O)O. The first-order chi connectivity index (χ1) is 5.65. The zero-order valence-electron chi connectivity index (χ0n) is 7.16. The van der Waals surface area contributed by atoms with Crippen molar-refractivity contribution in [2.45, 2.75) is 20.3 Å². The fraction of sp³-hybridized carbons (Fsp3) is 0.333. The summed E-state index contributed by atoms with van der Waals surface area (Å²) in [6, 6.07) is 1.60. The molecule has 1 aromatic rings. The van der Waals surface area contributed by atoms with E-state index in [1.807, 2.05) is 6.92 Å². The van der Waals surface area contributed by atoms with Crippen molar-refractivity contribution in [3.63, 3.8) is 0 Å². The molecule has 0 amide bonds. The van der Waals surface area contributed by atoms with Crippen LogP contribution in [-0.2, 0) is 6.42 Å². The van der Waals surface area contributed by atoms with Crippen molar-refractivity contribution in [1.82, 2.24) is 4.98 Å². The first kappa shape index (κ1) is 8.71. The van der Waals surface area contributed by atoms with E-state index < -0.39 is 5.97 Å². The number of hydrogen-bond donors (Lipinski definition) is 1. The summed E-state index contributed by atoms with van der Waals surface area (Å²) in [5.41, 5.74) is 1.89. The summed E-state index contributed by atoms with van der Waals surface area (Å²) in [5, 5.41) is 8.79. The molecule has 0 aliphatic carbocycles. The Bertz CT molecular complexity index is 307. The highest BCUT2D eigenvalue weighted by Gasteiger charge is 2.08. The van der Waals surface area contributed by atoms with Gasteiger partial charge in [0.15, 0.2) is 0 Å². The Balaban J connectivity index is 3.21. The minimum Gasteiger partial charge on any atom is -0.478 e. The Labute approximate surface area is 71.1 Å². The number of carboxylic acids is 1. The van der Waals surface area contributed by atoms with Crippen LogP contribution in [0, 0.1) is 6.92 Å². The smallest absolute Gasteiger partial charge is 0.336 e. The van der Waals surface area contributed by atoms with Gasteiger partial charge in [-0.3, -0.25) is 4.98 Å². The monoisotopic (exact) mass is 165 g/mol. The number of carbonyl (C=O) groups is 1. The number of aromatic nitrogens is 1. The van der Waals surface area contributed by atoms with E-state index in [9.17, 15) is 4.79 Å². The maximum Gasteiger partial charge on any atom is 0.336 e. The molecule has 0 spiro atoms. The molecule has 0 radical (unpaired) electrons. The highest BCUT2D eigenvalue weighted by molar-refractivity contribution is 5.89. The molecule has 0 aliphatic rings. The number of pyridine rings is 1. The lowest BCUT2D eigenvalue weighted by Gasteiger charge is -2.02. The fourth-order valence-electron chi connectivity index (χ4n) is 1.07. The number of aryl methyl sites for hydroxylation is 2. The molecule has 0 aromatic carbocycles. The third-order valence-electron chi connectivity index (χ3n) is 1.73. The van der Waals surface area contributed by atoms with Crippen molar-refractivity contribution in [2.75, 3.05) is 0 Å². The second-order valence-electron chi connectivity index (χ2n) is 2.64. The van der Waals surface area contributed by atoms with Crippen molar-refractivity contribution in [1.29, 1.82) is 0 Å². The van der Waals surface area contributed by atoms with Gasteiger partial charge in [-0.25, -0.2) is 4.79 Å². The minimum atomic E-state index is -0.877. The van der Waals surface area contributed by atoms with Gasteiger partial charge in [0.2, 0.25) is 0 Å². The van der Waals surface area contributed by atoms with E-state index in [4.69, 9.17) is 5.11 Å². The third kappa shape index (κ3) is 1.61. The lowest BCUT2D eigenvalue weighted by molar-refractivity contribution is 0.0695. The lowest BCUT2D eigenvalue weighted by Crippen LogP contribution is -2.03. The molecule has 3 heteroatoms. The molecular weight excluding hydrogens is 154 g/mol. The lowest BCUT2D eigenvalue weighted by atomic mass is 10.1. The summed E-state index contributed by atoms with van der Waals surface area (Å²) < 4.78 is 0. The normalized spacial score (nSPS) is 9.83. The molecule has 0 fully saturated rings. The Hall–Kier alpha value is -1.38. The largest absolute Gasteiger partial charge is 0.478 e. The summed E-state index contributed by atoms with van der Waals surface area (Å²) in [5.74, 6) is -0.877. The highest BCUT2D eigenvalue weighted by Crippen LogP contribution is 2.09. The molecule has 1 rings (SSSR count). The molecule has 12 heavy (non-hydrogen) atoms. The van der Waals surface area contributed by atoms with Gasteiger partial charge in [0, 0.05) is 11.9 Å². The van der Waals surface area contributed by atoms with Crippen LogP contribution in [0.2, 0.25) is 0 Å². The number of hydrogen-bond acceptors (Lipinski definition) is 2. The van der Waals surface area contributed by atoms with Crippen molar-refractivity contribution in [3.05, 3.63) is 29.1 Å². The zero-order valence-corrected chi connectivity index (χ0v) is 7.16. The van der Waals surface area contributed by atoms with Crippen LogP contribution in [-0.4, -0.2) is 16.1 Å². The van der Waals surface area contributed by atoms with E-state index in [2.05, 4.69) is 4.98 Å². The summed E-state index contributed by atoms with van der Waals surface area (Å²) in [4.78, 5) is 14.7. The van der Waals surface area contributed by atoms with Crippen LogP contribution in [0.15, 0.2) is 12.3 Å². The van der Waals surface area contributed by atoms with Crippen LogP contribution in [0.5, 0.6) is 0 Å². The van der Waals surface area contributed by atoms with Crippen LogP contribution in [0.25, 0.3) is 0 Å². The zero-order chi connectivity index (χ0) is 9.14. The molecule has 1 aromatic heterocycles. The first-order valence-electron chi connectivity index (χ1n) is 3.84. The maximum absolute atomic E-state index is 10.7. The van der Waals surface area contributed by atoms with Gasteiger partial charge in [-0.15, -0.1) is 0 Å². The average Bonchev–Trinajstić information content (AvgIpc) is 2.04. The second-order valence-corrected chi connectivity index (χ2v) is 2.64. The van der Waals surface area contributed by atoms with Gasteiger partial charge in [0.25, 0.3) is 0 Å². The third-order valence-corrected chi connectivity index (χ3v) is 1.73. The van der Waals surface area contributed by atoms with Gasteiger partial charge in [0.1, 0.15) is 0 Å². The average molecular weight is 165 g/mol. The molecule has 1 N–H and O–H groups in total. The van der Waals surface area contributed by atoms with Crippen LogP contribution >= 0.6 is 0 Å². The van der Waals surface area contributed by atoms with Gasteiger partial charge in [-0.1, -0.05) is 6.92 Å². The van der Waals surface area contributed by atoms with Crippen molar-refractivity contribution < 1.29 is 9.90 Å². The van der Waals surface area contributed by atoms with Crippen LogP contribution in [0.3, 0.4) is 0 Å². The van der Waals surface area contributed by atoms with E-state index in [1.54, 1.807) is 19.2 Å². The predicted octanol–water partition coefficient (Wildman–Crippen LogP) is 1.65. The highest BCUT2D eigenvalue weighted by atomic mass is 16.4. The fourth-order valence-corrected chi connectivity index (χ4v) is 1.07. The Morgan fingerprint density at radius 2 is 2.33 bits per heavy atom. The number of carboxylic acid groups (broad SMARTS) is 1.